The molecule has 1 aromatic carbocycles. The van der Waals surface area contributed by atoms with E-state index >= 15 is 0 Å². The van der Waals surface area contributed by atoms with Crippen molar-refractivity contribution in [2.24, 2.45) is 5.92 Å². The van der Waals surface area contributed by atoms with Crippen molar-refractivity contribution in [3.63, 3.8) is 0 Å². The van der Waals surface area contributed by atoms with Crippen LogP contribution in [0.5, 0.6) is 5.75 Å². The van der Waals surface area contributed by atoms with E-state index < -0.39 is 0 Å². The number of carbonyl (C=O) groups excluding carboxylic acids is 1. The lowest BCUT2D eigenvalue weighted by atomic mass is 9.96. The number of hydrogen-bond donors (Lipinski definition) is 3. The van der Waals surface area contributed by atoms with Gasteiger partial charge in [0.2, 0.25) is 5.91 Å². The van der Waals surface area contributed by atoms with Gasteiger partial charge in [0.05, 0.1) is 23.7 Å². The number of nitrogens with one attached hydrogen (secondary N) is 3. The summed E-state index contributed by atoms with van der Waals surface area (Å²) in [5, 5.41) is 16.1. The van der Waals surface area contributed by atoms with Gasteiger partial charge in [-0.2, -0.15) is 5.26 Å². The van der Waals surface area contributed by atoms with Crippen molar-refractivity contribution in [3.8, 4) is 11.8 Å². The molecule has 2 aliphatic heterocycles. The van der Waals surface area contributed by atoms with E-state index in [0.29, 0.717) is 36.7 Å². The van der Waals surface area contributed by atoms with Crippen LogP contribution in [0.1, 0.15) is 30.0 Å². The molecule has 2 aliphatic rings. The van der Waals surface area contributed by atoms with Gasteiger partial charge in [0, 0.05) is 25.3 Å². The van der Waals surface area contributed by atoms with Gasteiger partial charge in [0.1, 0.15) is 23.4 Å². The number of nitriles is 1. The Morgan fingerprint density at radius 3 is 2.79 bits per heavy atom. The number of aromatic nitrogens is 1. The number of benzene rings is 1. The van der Waals surface area contributed by atoms with E-state index in [2.05, 4.69) is 26.6 Å². The van der Waals surface area contributed by atoms with Crippen LogP contribution in [-0.2, 0) is 11.2 Å². The number of fused-ring (bicyclic) bond motifs is 1. The Balaban J connectivity index is 1.39. The third-order valence-electron chi connectivity index (χ3n) is 6.04. The first kappa shape index (κ1) is 22.9. The van der Waals surface area contributed by atoms with E-state index in [9.17, 15) is 10.1 Å². The zero-order valence-electron chi connectivity index (χ0n) is 19.5. The monoisotopic (exact) mass is 448 g/mol. The predicted molar refractivity (Wildman–Crippen MR) is 129 cm³/mol. The smallest absolute Gasteiger partial charge is 0.228 e. The Labute approximate surface area is 195 Å². The zero-order chi connectivity index (χ0) is 23.4. The number of aromatic amines is 1. The maximum Gasteiger partial charge on any atom is 0.228 e. The Morgan fingerprint density at radius 2 is 2.06 bits per heavy atom. The minimum absolute atomic E-state index is 0.0570. The molecule has 0 aliphatic carbocycles. The average Bonchev–Trinajstić information content (AvgIpc) is 3.20. The summed E-state index contributed by atoms with van der Waals surface area (Å²) in [5.74, 6) is 2.34. The Hall–Kier alpha value is -3.28. The van der Waals surface area contributed by atoms with E-state index in [1.54, 1.807) is 6.20 Å². The van der Waals surface area contributed by atoms with Gasteiger partial charge < -0.3 is 24.8 Å². The first-order valence-corrected chi connectivity index (χ1v) is 11.5. The number of carbonyl (C=O) groups is 1. The molecule has 0 saturated carbocycles. The van der Waals surface area contributed by atoms with Crippen molar-refractivity contribution in [3.05, 3.63) is 53.2 Å². The summed E-state index contributed by atoms with van der Waals surface area (Å²) in [7, 11) is 4.10. The van der Waals surface area contributed by atoms with Gasteiger partial charge >= 0.3 is 0 Å². The fourth-order valence-electron chi connectivity index (χ4n) is 4.37. The van der Waals surface area contributed by atoms with Gasteiger partial charge in [-0.1, -0.05) is 12.1 Å². The lowest BCUT2D eigenvalue weighted by Crippen LogP contribution is -2.52. The second kappa shape index (κ2) is 10.1. The number of H-pyrrole nitrogens is 1. The van der Waals surface area contributed by atoms with Gasteiger partial charge in [-0.3, -0.25) is 10.1 Å². The average molecular weight is 449 g/mol. The normalized spacial score (nSPS) is 20.2. The van der Waals surface area contributed by atoms with Crippen molar-refractivity contribution in [1.82, 2.24) is 20.1 Å². The molecule has 1 saturated heterocycles. The largest absolute Gasteiger partial charge is 0.457 e. The van der Waals surface area contributed by atoms with Crippen molar-refractivity contribution in [1.29, 1.82) is 5.26 Å². The zero-order valence-corrected chi connectivity index (χ0v) is 19.5. The molecule has 3 heterocycles. The van der Waals surface area contributed by atoms with Crippen molar-refractivity contribution in [2.45, 2.75) is 25.8 Å². The Morgan fingerprint density at radius 1 is 1.27 bits per heavy atom. The minimum atomic E-state index is -0.0570. The second-order valence-corrected chi connectivity index (χ2v) is 9.05. The van der Waals surface area contributed by atoms with Gasteiger partial charge in [-0.05, 0) is 64.2 Å². The summed E-state index contributed by atoms with van der Waals surface area (Å²) in [6.07, 6.45) is 5.33. The molecule has 1 amide bonds. The second-order valence-electron chi connectivity index (χ2n) is 9.05. The van der Waals surface area contributed by atoms with Crippen LogP contribution in [0, 0.1) is 17.2 Å². The molecule has 0 spiro atoms. The van der Waals surface area contributed by atoms with Gasteiger partial charge in [-0.25, -0.2) is 0 Å². The van der Waals surface area contributed by atoms with Gasteiger partial charge in [-0.15, -0.1) is 0 Å². The maximum absolute atomic E-state index is 12.9. The number of hydrogen-bond acceptors (Lipinski definition) is 6. The highest BCUT2D eigenvalue weighted by molar-refractivity contribution is 5.81. The number of amides is 1. The van der Waals surface area contributed by atoms with Crippen LogP contribution in [0.15, 0.2) is 36.5 Å². The van der Waals surface area contributed by atoms with Crippen LogP contribution in [0.2, 0.25) is 0 Å². The highest BCUT2D eigenvalue weighted by Crippen LogP contribution is 2.33. The lowest BCUT2D eigenvalue weighted by Gasteiger charge is -2.33. The summed E-state index contributed by atoms with van der Waals surface area (Å²) in [6.45, 7) is 5.11. The molecule has 2 unspecified atom stereocenters. The fourth-order valence-corrected chi connectivity index (χ4v) is 4.37. The number of anilines is 1. The summed E-state index contributed by atoms with van der Waals surface area (Å²) in [5.41, 5.74) is 2.41. The van der Waals surface area contributed by atoms with Gasteiger partial charge in [0.25, 0.3) is 0 Å². The molecule has 2 aromatic rings. The third kappa shape index (κ3) is 5.38. The van der Waals surface area contributed by atoms with E-state index in [4.69, 9.17) is 4.74 Å². The molecule has 4 rings (SSSR count). The van der Waals surface area contributed by atoms with E-state index in [1.165, 1.54) is 0 Å². The van der Waals surface area contributed by atoms with Crippen molar-refractivity contribution in [2.75, 3.05) is 45.7 Å². The van der Waals surface area contributed by atoms with E-state index in [-0.39, 0.29) is 17.9 Å². The summed E-state index contributed by atoms with van der Waals surface area (Å²) in [4.78, 5) is 20.1. The number of rotatable bonds is 8. The topological polar surface area (TPSA) is 96.4 Å². The van der Waals surface area contributed by atoms with E-state index in [1.807, 2.05) is 56.3 Å². The molecule has 8 nitrogen and oxygen atoms in total. The van der Waals surface area contributed by atoms with Crippen LogP contribution in [0.3, 0.4) is 0 Å². The van der Waals surface area contributed by atoms with Crippen LogP contribution in [0.4, 0.5) is 5.82 Å². The molecule has 33 heavy (non-hydrogen) atoms. The van der Waals surface area contributed by atoms with Gasteiger partial charge in [0.15, 0.2) is 0 Å². The Bertz CT molecular complexity index is 1050. The molecule has 0 radical (unpaired) electrons. The highest BCUT2D eigenvalue weighted by Gasteiger charge is 2.28. The molecule has 3 N–H and O–H groups in total. The minimum Gasteiger partial charge on any atom is -0.457 e. The third-order valence-corrected chi connectivity index (χ3v) is 6.04. The number of ether oxygens (including phenoxy) is 1. The van der Waals surface area contributed by atoms with Crippen LogP contribution < -0.4 is 15.4 Å². The van der Waals surface area contributed by atoms with Crippen LogP contribution in [0.25, 0.3) is 5.76 Å². The molecular formula is C25H32N6O2. The molecule has 0 bridgehead atoms. The van der Waals surface area contributed by atoms with Crippen molar-refractivity contribution < 1.29 is 9.53 Å². The van der Waals surface area contributed by atoms with Crippen LogP contribution >= 0.6 is 0 Å². The predicted octanol–water partition coefficient (Wildman–Crippen LogP) is 2.62. The molecule has 2 atom stereocenters. The molecule has 1 aromatic heterocycles. The SMILES string of the molecule is CC1C=C(Oc2ccc(CC3CNCN(CCCN(C)C)C3=O)cc2)c2c(C#N)c[nH]c2N1. The molecule has 8 heteroatoms. The molecule has 174 valence electrons. The van der Waals surface area contributed by atoms with Crippen LogP contribution in [-0.4, -0.2) is 67.1 Å². The first-order chi connectivity index (χ1) is 15.9. The maximum atomic E-state index is 12.9. The summed E-state index contributed by atoms with van der Waals surface area (Å²) >= 11 is 0. The summed E-state index contributed by atoms with van der Waals surface area (Å²) in [6, 6.07) is 10.2. The molecule has 1 fully saturated rings. The quantitative estimate of drug-likeness (QED) is 0.575. The summed E-state index contributed by atoms with van der Waals surface area (Å²) < 4.78 is 6.16. The standard InChI is InChI=1S/C25H32N6O2/c1-17-11-22(23-20(13-26)15-28-24(23)29-17)33-21-7-5-18(6-8-21)12-19-14-27-16-31(25(19)32)10-4-9-30(2)3/h5-8,11,15,17,19,27-29H,4,9-10,12,14,16H2,1-3H3. The first-order valence-electron chi connectivity index (χ1n) is 11.5. The van der Waals surface area contributed by atoms with E-state index in [0.717, 1.165) is 36.5 Å². The fraction of sp³-hybridized carbons (Fsp3) is 0.440. The molecular weight excluding hydrogens is 416 g/mol. The number of nitrogens with zero attached hydrogens (tertiary/aromatic N) is 3. The highest BCUT2D eigenvalue weighted by atomic mass is 16.5. The Kier molecular flexibility index (Phi) is 7.02. The lowest BCUT2D eigenvalue weighted by molar-refractivity contribution is -0.138. The van der Waals surface area contributed by atoms with Crippen molar-refractivity contribution >= 4 is 17.5 Å².